The third-order valence-electron chi connectivity index (χ3n) is 3.05. The lowest BCUT2D eigenvalue weighted by Crippen LogP contribution is -2.38. The second-order valence-electron chi connectivity index (χ2n) is 4.71. The second kappa shape index (κ2) is 9.42. The Kier molecular flexibility index (Phi) is 8.01. The predicted octanol–water partition coefficient (Wildman–Crippen LogP) is 1.45. The molecule has 4 nitrogen and oxygen atoms in total. The van der Waals surface area contributed by atoms with Gasteiger partial charge < -0.3 is 15.4 Å². The number of hydrogen-bond acceptors (Lipinski definition) is 3. The molecule has 0 spiro atoms. The molecule has 0 aromatic carbocycles. The Hall–Kier alpha value is -0.610. The lowest BCUT2D eigenvalue weighted by atomic mass is 9.95. The molecular formula is C13H26N2O2. The van der Waals surface area contributed by atoms with E-state index in [0.29, 0.717) is 12.6 Å². The monoisotopic (exact) mass is 242 g/mol. The fraction of sp³-hybridized carbons (Fsp3) is 0.923. The SMILES string of the molecule is CCCNCCOCC(=O)NC1CCCCC1. The van der Waals surface area contributed by atoms with Gasteiger partial charge in [0.1, 0.15) is 6.61 Å². The first-order chi connectivity index (χ1) is 8.33. The smallest absolute Gasteiger partial charge is 0.246 e. The molecule has 1 fully saturated rings. The molecule has 0 atom stereocenters. The van der Waals surface area contributed by atoms with E-state index in [9.17, 15) is 4.79 Å². The van der Waals surface area contributed by atoms with Crippen molar-refractivity contribution in [2.24, 2.45) is 0 Å². The minimum absolute atomic E-state index is 0.0346. The number of hydrogen-bond donors (Lipinski definition) is 2. The summed E-state index contributed by atoms with van der Waals surface area (Å²) in [5.74, 6) is 0.0346. The molecule has 4 heteroatoms. The van der Waals surface area contributed by atoms with Gasteiger partial charge in [0.15, 0.2) is 0 Å². The molecule has 1 aliphatic carbocycles. The van der Waals surface area contributed by atoms with Crippen molar-refractivity contribution in [3.05, 3.63) is 0 Å². The summed E-state index contributed by atoms with van der Waals surface area (Å²) in [5, 5.41) is 6.27. The van der Waals surface area contributed by atoms with E-state index in [1.807, 2.05) is 0 Å². The van der Waals surface area contributed by atoms with Gasteiger partial charge in [-0.05, 0) is 25.8 Å². The van der Waals surface area contributed by atoms with Gasteiger partial charge in [0.05, 0.1) is 6.61 Å². The molecule has 0 aromatic rings. The first-order valence-electron chi connectivity index (χ1n) is 6.90. The van der Waals surface area contributed by atoms with Crippen LogP contribution in [0.5, 0.6) is 0 Å². The molecule has 100 valence electrons. The molecule has 1 rings (SSSR count). The van der Waals surface area contributed by atoms with E-state index in [1.165, 1.54) is 19.3 Å². The Morgan fingerprint density at radius 1 is 1.24 bits per heavy atom. The summed E-state index contributed by atoms with van der Waals surface area (Å²) < 4.78 is 5.31. The molecule has 0 radical (unpaired) electrons. The minimum Gasteiger partial charge on any atom is -0.370 e. The van der Waals surface area contributed by atoms with E-state index in [0.717, 1.165) is 32.4 Å². The van der Waals surface area contributed by atoms with Crippen LogP contribution in [0.1, 0.15) is 45.4 Å². The maximum atomic E-state index is 11.5. The summed E-state index contributed by atoms with van der Waals surface area (Å²) in [4.78, 5) is 11.5. The quantitative estimate of drug-likeness (QED) is 0.633. The highest BCUT2D eigenvalue weighted by molar-refractivity contribution is 5.77. The van der Waals surface area contributed by atoms with Gasteiger partial charge in [-0.3, -0.25) is 4.79 Å². The van der Waals surface area contributed by atoms with E-state index < -0.39 is 0 Å². The Morgan fingerprint density at radius 3 is 2.71 bits per heavy atom. The van der Waals surface area contributed by atoms with Crippen LogP contribution in [0.15, 0.2) is 0 Å². The van der Waals surface area contributed by atoms with E-state index in [4.69, 9.17) is 4.74 Å². The van der Waals surface area contributed by atoms with Crippen LogP contribution in [0.4, 0.5) is 0 Å². The first kappa shape index (κ1) is 14.5. The number of rotatable bonds is 8. The summed E-state index contributed by atoms with van der Waals surface area (Å²) in [5.41, 5.74) is 0. The van der Waals surface area contributed by atoms with Gasteiger partial charge in [-0.15, -0.1) is 0 Å². The molecular weight excluding hydrogens is 216 g/mol. The second-order valence-corrected chi connectivity index (χ2v) is 4.71. The maximum absolute atomic E-state index is 11.5. The number of ether oxygens (including phenoxy) is 1. The molecule has 0 bridgehead atoms. The standard InChI is InChI=1S/C13H26N2O2/c1-2-8-14-9-10-17-11-13(16)15-12-6-4-3-5-7-12/h12,14H,2-11H2,1H3,(H,15,16). The number of nitrogens with one attached hydrogen (secondary N) is 2. The van der Waals surface area contributed by atoms with Crippen molar-refractivity contribution < 1.29 is 9.53 Å². The molecule has 0 aromatic heterocycles. The van der Waals surface area contributed by atoms with Gasteiger partial charge >= 0.3 is 0 Å². The summed E-state index contributed by atoms with van der Waals surface area (Å²) in [6, 6.07) is 0.387. The molecule has 17 heavy (non-hydrogen) atoms. The lowest BCUT2D eigenvalue weighted by molar-refractivity contribution is -0.126. The van der Waals surface area contributed by atoms with Gasteiger partial charge in [0.2, 0.25) is 5.91 Å². The van der Waals surface area contributed by atoms with Gasteiger partial charge in [-0.25, -0.2) is 0 Å². The minimum atomic E-state index is 0.0346. The summed E-state index contributed by atoms with van der Waals surface area (Å²) in [7, 11) is 0. The fourth-order valence-electron chi connectivity index (χ4n) is 2.13. The van der Waals surface area contributed by atoms with E-state index in [2.05, 4.69) is 17.6 Å². The highest BCUT2D eigenvalue weighted by Gasteiger charge is 2.15. The van der Waals surface area contributed by atoms with Crippen LogP contribution in [-0.4, -0.2) is 38.3 Å². The van der Waals surface area contributed by atoms with Gasteiger partial charge in [-0.2, -0.15) is 0 Å². The molecule has 0 heterocycles. The first-order valence-corrected chi connectivity index (χ1v) is 6.90. The largest absolute Gasteiger partial charge is 0.370 e. The van der Waals surface area contributed by atoms with E-state index >= 15 is 0 Å². The molecule has 0 aliphatic heterocycles. The summed E-state index contributed by atoms with van der Waals surface area (Å²) in [6.45, 7) is 4.77. The topological polar surface area (TPSA) is 50.4 Å². The van der Waals surface area contributed by atoms with Crippen molar-refractivity contribution in [3.63, 3.8) is 0 Å². The van der Waals surface area contributed by atoms with Crippen LogP contribution in [0.2, 0.25) is 0 Å². The highest BCUT2D eigenvalue weighted by Crippen LogP contribution is 2.17. The van der Waals surface area contributed by atoms with Crippen LogP contribution in [-0.2, 0) is 9.53 Å². The maximum Gasteiger partial charge on any atom is 0.246 e. The van der Waals surface area contributed by atoms with Crippen molar-refractivity contribution in [1.82, 2.24) is 10.6 Å². The zero-order chi connectivity index (χ0) is 12.3. The number of carbonyl (C=O) groups is 1. The Morgan fingerprint density at radius 2 is 2.00 bits per heavy atom. The zero-order valence-electron chi connectivity index (χ0n) is 11.0. The third-order valence-corrected chi connectivity index (χ3v) is 3.05. The van der Waals surface area contributed by atoms with Crippen molar-refractivity contribution in [2.45, 2.75) is 51.5 Å². The van der Waals surface area contributed by atoms with Crippen LogP contribution < -0.4 is 10.6 Å². The average molecular weight is 242 g/mol. The van der Waals surface area contributed by atoms with Crippen LogP contribution in [0.3, 0.4) is 0 Å². The number of carbonyl (C=O) groups excluding carboxylic acids is 1. The van der Waals surface area contributed by atoms with Crippen molar-refractivity contribution in [1.29, 1.82) is 0 Å². The van der Waals surface area contributed by atoms with Gasteiger partial charge in [-0.1, -0.05) is 26.2 Å². The van der Waals surface area contributed by atoms with E-state index in [1.54, 1.807) is 0 Å². The zero-order valence-corrected chi connectivity index (χ0v) is 11.0. The van der Waals surface area contributed by atoms with Crippen molar-refractivity contribution in [3.8, 4) is 0 Å². The Balaban J connectivity index is 1.93. The molecule has 0 saturated heterocycles. The van der Waals surface area contributed by atoms with E-state index in [-0.39, 0.29) is 12.5 Å². The highest BCUT2D eigenvalue weighted by atomic mass is 16.5. The predicted molar refractivity (Wildman–Crippen MR) is 69.0 cm³/mol. The lowest BCUT2D eigenvalue weighted by Gasteiger charge is -2.22. The molecule has 1 aliphatic rings. The van der Waals surface area contributed by atoms with Crippen LogP contribution in [0, 0.1) is 0 Å². The van der Waals surface area contributed by atoms with Crippen LogP contribution in [0.25, 0.3) is 0 Å². The van der Waals surface area contributed by atoms with Gasteiger partial charge in [0.25, 0.3) is 0 Å². The number of amides is 1. The fourth-order valence-corrected chi connectivity index (χ4v) is 2.13. The van der Waals surface area contributed by atoms with Gasteiger partial charge in [0, 0.05) is 12.6 Å². The molecule has 0 unspecified atom stereocenters. The van der Waals surface area contributed by atoms with Crippen molar-refractivity contribution in [2.75, 3.05) is 26.3 Å². The summed E-state index contributed by atoms with van der Waals surface area (Å²) >= 11 is 0. The third kappa shape index (κ3) is 7.34. The normalized spacial score (nSPS) is 17.0. The van der Waals surface area contributed by atoms with Crippen LogP contribution >= 0.6 is 0 Å². The summed E-state index contributed by atoms with van der Waals surface area (Å²) in [6.07, 6.45) is 7.18. The molecule has 1 amide bonds. The Bertz CT molecular complexity index is 204. The van der Waals surface area contributed by atoms with Crippen molar-refractivity contribution >= 4 is 5.91 Å². The average Bonchev–Trinajstić information content (AvgIpc) is 2.35. The Labute approximate surface area is 104 Å². The molecule has 1 saturated carbocycles. The molecule has 2 N–H and O–H groups in total.